The monoisotopic (exact) mass is 191 g/mol. The zero-order chi connectivity index (χ0) is 10.4. The van der Waals surface area contributed by atoms with Crippen LogP contribution in [0.15, 0.2) is 0 Å². The van der Waals surface area contributed by atoms with Gasteiger partial charge in [-0.05, 0) is 0 Å². The van der Waals surface area contributed by atoms with E-state index in [9.17, 15) is 0 Å². The predicted molar refractivity (Wildman–Crippen MR) is 54.1 cm³/mol. The molecule has 1 amide bonds. The summed E-state index contributed by atoms with van der Waals surface area (Å²) in [6, 6.07) is 0. The molecule has 0 unspecified atom stereocenters. The van der Waals surface area contributed by atoms with Gasteiger partial charge in [-0.15, -0.1) is 0 Å². The predicted octanol–water partition coefficient (Wildman–Crippen LogP) is -2.82. The number of nitrogens with two attached hydrogens (primary N) is 3. The first-order valence-corrected chi connectivity index (χ1v) is 4.30. The Hall–Kier alpha value is -0.690. The van der Waals surface area contributed by atoms with Gasteiger partial charge in [-0.2, -0.15) is 0 Å². The second-order valence-corrected chi connectivity index (χ2v) is 2.21. The summed E-state index contributed by atoms with van der Waals surface area (Å²) in [6.07, 6.45) is 0.250. The molecule has 0 aliphatic rings. The number of amides is 1. The summed E-state index contributed by atoms with van der Waals surface area (Å²) in [7, 11) is 0. The molecule has 0 aliphatic heterocycles. The minimum Gasteiger partial charge on any atom is -0.372 e. The van der Waals surface area contributed by atoms with Gasteiger partial charge < -0.3 is 27.8 Å². The average molecular weight is 191 g/mol. The molecule has 0 aliphatic carbocycles. The van der Waals surface area contributed by atoms with Crippen LogP contribution in [0.1, 0.15) is 0 Å². The van der Waals surface area contributed by atoms with Crippen molar-refractivity contribution in [2.75, 3.05) is 39.3 Å². The molecule has 0 aromatic rings. The summed E-state index contributed by atoms with van der Waals surface area (Å²) in [4.78, 5) is 8.58. The number of rotatable bonds is 7. The van der Waals surface area contributed by atoms with Crippen LogP contribution < -0.4 is 27.8 Å². The molecule has 0 heterocycles. The molecule has 6 nitrogen and oxygen atoms in total. The summed E-state index contributed by atoms with van der Waals surface area (Å²) in [5.41, 5.74) is 14.7. The van der Waals surface area contributed by atoms with Gasteiger partial charge in [-0.1, -0.05) is 0 Å². The van der Waals surface area contributed by atoms with E-state index in [4.69, 9.17) is 16.3 Å². The van der Waals surface area contributed by atoms with Crippen LogP contribution in [0.25, 0.3) is 0 Å². The Morgan fingerprint density at radius 2 is 1.23 bits per heavy atom. The van der Waals surface area contributed by atoms with E-state index in [1.54, 1.807) is 0 Å². The first-order valence-electron chi connectivity index (χ1n) is 4.30. The number of carbonyl (C=O) groups is 1. The summed E-state index contributed by atoms with van der Waals surface area (Å²) < 4.78 is 0. The van der Waals surface area contributed by atoms with Gasteiger partial charge in [0.05, 0.1) is 0 Å². The van der Waals surface area contributed by atoms with Crippen molar-refractivity contribution in [2.24, 2.45) is 17.2 Å². The lowest BCUT2D eigenvalue weighted by Gasteiger charge is -2.03. The third-order valence-corrected chi connectivity index (χ3v) is 1.12. The topological polar surface area (TPSA) is 119 Å². The van der Waals surface area contributed by atoms with Crippen molar-refractivity contribution < 1.29 is 4.79 Å². The number of nitrogens with one attached hydrogen (secondary N) is 2. The van der Waals surface area contributed by atoms with Crippen LogP contribution in [0.3, 0.4) is 0 Å². The van der Waals surface area contributed by atoms with E-state index in [-0.39, 0.29) is 6.41 Å². The minimum atomic E-state index is 0.250. The van der Waals surface area contributed by atoms with Crippen molar-refractivity contribution in [3.8, 4) is 0 Å². The van der Waals surface area contributed by atoms with Crippen LogP contribution in [-0.4, -0.2) is 45.7 Å². The van der Waals surface area contributed by atoms with Crippen LogP contribution in [0.5, 0.6) is 0 Å². The van der Waals surface area contributed by atoms with Gasteiger partial charge in [-0.25, -0.2) is 0 Å². The molecule has 0 aromatic carbocycles. The summed E-state index contributed by atoms with van der Waals surface area (Å²) in [6.45, 7) is 5.14. The maximum absolute atomic E-state index is 8.58. The van der Waals surface area contributed by atoms with Gasteiger partial charge in [0, 0.05) is 39.3 Å². The molecule has 0 fully saturated rings. The third-order valence-electron chi connectivity index (χ3n) is 1.12. The molecule has 8 N–H and O–H groups in total. The molecule has 0 spiro atoms. The van der Waals surface area contributed by atoms with Gasteiger partial charge in [0.15, 0.2) is 0 Å². The van der Waals surface area contributed by atoms with Gasteiger partial charge in [0.25, 0.3) is 0 Å². The van der Waals surface area contributed by atoms with Gasteiger partial charge in [0.1, 0.15) is 0 Å². The minimum absolute atomic E-state index is 0.250. The largest absolute Gasteiger partial charge is 0.372 e. The fourth-order valence-corrected chi connectivity index (χ4v) is 0.631. The quantitative estimate of drug-likeness (QED) is 0.220. The lowest BCUT2D eigenvalue weighted by atomic mass is 10.5. The molecule has 0 bridgehead atoms. The molecule has 0 saturated carbocycles. The molecule has 0 aromatic heterocycles. The third kappa shape index (κ3) is 24.6. The van der Waals surface area contributed by atoms with Crippen LogP contribution in [-0.2, 0) is 4.79 Å². The average Bonchev–Trinajstić information content (AvgIpc) is 2.13. The molecular formula is C7H21N5O. The summed E-state index contributed by atoms with van der Waals surface area (Å²) in [5, 5.41) is 6.33. The van der Waals surface area contributed by atoms with Crippen LogP contribution in [0, 0.1) is 0 Å². The maximum Gasteiger partial charge on any atom is 0.204 e. The first-order chi connectivity index (χ1) is 6.33. The Morgan fingerprint density at radius 3 is 1.46 bits per heavy atom. The molecule has 80 valence electrons. The van der Waals surface area contributed by atoms with Crippen molar-refractivity contribution in [2.45, 2.75) is 0 Å². The molecule has 13 heavy (non-hydrogen) atoms. The van der Waals surface area contributed by atoms with E-state index in [0.29, 0.717) is 13.1 Å². The van der Waals surface area contributed by atoms with E-state index in [0.717, 1.165) is 26.2 Å². The zero-order valence-electron chi connectivity index (χ0n) is 7.96. The van der Waals surface area contributed by atoms with Crippen molar-refractivity contribution in [3.05, 3.63) is 0 Å². The molecule has 0 radical (unpaired) electrons. The van der Waals surface area contributed by atoms with Crippen LogP contribution >= 0.6 is 0 Å². The lowest BCUT2D eigenvalue weighted by Crippen LogP contribution is -2.32. The van der Waals surface area contributed by atoms with Gasteiger partial charge in [-0.3, -0.25) is 4.79 Å². The van der Waals surface area contributed by atoms with Crippen LogP contribution in [0.4, 0.5) is 0 Å². The Bertz CT molecular complexity index is 83.0. The molecule has 6 heteroatoms. The highest BCUT2D eigenvalue weighted by atomic mass is 16.1. The number of primary amides is 1. The van der Waals surface area contributed by atoms with E-state index in [1.165, 1.54) is 0 Å². The Morgan fingerprint density at radius 1 is 0.923 bits per heavy atom. The highest BCUT2D eigenvalue weighted by Gasteiger charge is 1.83. The molecule has 0 saturated heterocycles. The van der Waals surface area contributed by atoms with Gasteiger partial charge in [0.2, 0.25) is 6.41 Å². The highest BCUT2D eigenvalue weighted by molar-refractivity contribution is 5.42. The van der Waals surface area contributed by atoms with Crippen molar-refractivity contribution >= 4 is 6.41 Å². The highest BCUT2D eigenvalue weighted by Crippen LogP contribution is 1.57. The smallest absolute Gasteiger partial charge is 0.204 e. The standard InChI is InChI=1S/C6H18N4.CH3NO/c7-1-3-9-5-6-10-4-2-8;2-1-3/h9-10H,1-8H2;1H,(H2,2,3). The fraction of sp³-hybridized carbons (Fsp3) is 0.857. The van der Waals surface area contributed by atoms with Crippen molar-refractivity contribution in [1.82, 2.24) is 10.6 Å². The summed E-state index contributed by atoms with van der Waals surface area (Å²) >= 11 is 0. The second kappa shape index (κ2) is 17.4. The Balaban J connectivity index is 0. The van der Waals surface area contributed by atoms with E-state index < -0.39 is 0 Å². The Labute approximate surface area is 79.2 Å². The zero-order valence-corrected chi connectivity index (χ0v) is 7.96. The van der Waals surface area contributed by atoms with Gasteiger partial charge >= 0.3 is 0 Å². The fourth-order valence-electron chi connectivity index (χ4n) is 0.631. The van der Waals surface area contributed by atoms with E-state index in [2.05, 4.69) is 16.4 Å². The van der Waals surface area contributed by atoms with Crippen molar-refractivity contribution in [3.63, 3.8) is 0 Å². The maximum atomic E-state index is 8.58. The summed E-state index contributed by atoms with van der Waals surface area (Å²) in [5.74, 6) is 0. The number of hydrogen-bond acceptors (Lipinski definition) is 5. The van der Waals surface area contributed by atoms with E-state index >= 15 is 0 Å². The second-order valence-electron chi connectivity index (χ2n) is 2.21. The first kappa shape index (κ1) is 14.8. The lowest BCUT2D eigenvalue weighted by molar-refractivity contribution is -0.106. The molecule has 0 rings (SSSR count). The normalized spacial score (nSPS) is 8.77. The van der Waals surface area contributed by atoms with Crippen molar-refractivity contribution in [1.29, 1.82) is 0 Å². The van der Waals surface area contributed by atoms with E-state index in [1.807, 2.05) is 0 Å². The SMILES string of the molecule is NC=O.NCCNCCNCCN. The molecule has 0 atom stereocenters. The van der Waals surface area contributed by atoms with Crippen LogP contribution in [0.2, 0.25) is 0 Å². The Kier molecular flexibility index (Phi) is 19.8. The number of hydrogen-bond donors (Lipinski definition) is 5. The molecular weight excluding hydrogens is 170 g/mol. The number of carbonyl (C=O) groups excluding carboxylic acids is 1.